The Balaban J connectivity index is 1.41. The molecule has 6 nitrogen and oxygen atoms in total. The molecule has 6 heteroatoms. The number of piperidine rings is 1. The summed E-state index contributed by atoms with van der Waals surface area (Å²) in [4.78, 5) is 39.0. The number of rotatable bonds is 6. The quantitative estimate of drug-likeness (QED) is 0.636. The molecule has 2 amide bonds. The van der Waals surface area contributed by atoms with Crippen LogP contribution in [0.2, 0.25) is 0 Å². The molecule has 1 aromatic rings. The minimum atomic E-state index is -0.694. The van der Waals surface area contributed by atoms with Gasteiger partial charge >= 0.3 is 5.97 Å². The van der Waals surface area contributed by atoms with Gasteiger partial charge in [0.05, 0.1) is 17.0 Å². The summed E-state index contributed by atoms with van der Waals surface area (Å²) < 4.78 is 0. The Morgan fingerprint density at radius 3 is 2.08 bits per heavy atom. The van der Waals surface area contributed by atoms with Gasteiger partial charge in [-0.1, -0.05) is 12.1 Å². The topological polar surface area (TPSA) is 77.9 Å². The van der Waals surface area contributed by atoms with Crippen LogP contribution in [0.4, 0.5) is 0 Å². The van der Waals surface area contributed by atoms with Crippen LogP contribution in [-0.2, 0) is 4.79 Å². The molecule has 2 aliphatic heterocycles. The van der Waals surface area contributed by atoms with Crippen molar-refractivity contribution in [2.45, 2.75) is 25.7 Å². The number of aliphatic carboxylic acids is 1. The molecule has 0 aliphatic carbocycles. The molecule has 0 atom stereocenters. The van der Waals surface area contributed by atoms with E-state index >= 15 is 0 Å². The minimum absolute atomic E-state index is 0.196. The van der Waals surface area contributed by atoms with Crippen LogP contribution in [0, 0.1) is 5.92 Å². The number of fused-ring (bicyclic) bond motifs is 1. The van der Waals surface area contributed by atoms with Crippen molar-refractivity contribution in [3.05, 3.63) is 35.4 Å². The van der Waals surface area contributed by atoms with E-state index in [0.717, 1.165) is 32.5 Å². The van der Waals surface area contributed by atoms with E-state index in [1.165, 1.54) is 4.90 Å². The lowest BCUT2D eigenvalue weighted by Gasteiger charge is -2.30. The highest BCUT2D eigenvalue weighted by Crippen LogP contribution is 2.23. The third-order valence-corrected chi connectivity index (χ3v) is 4.92. The molecule has 0 bridgehead atoms. The molecule has 1 fully saturated rings. The lowest BCUT2D eigenvalue weighted by atomic mass is 9.97. The first-order chi connectivity index (χ1) is 11.6. The number of carbonyl (C=O) groups is 3. The zero-order valence-electron chi connectivity index (χ0n) is 13.6. The lowest BCUT2D eigenvalue weighted by Crippen LogP contribution is -2.37. The number of amides is 2. The number of hydrogen-bond donors (Lipinski definition) is 1. The first kappa shape index (κ1) is 16.6. The number of unbranched alkanes of at least 4 members (excludes halogenated alkanes) is 1. The summed E-state index contributed by atoms with van der Waals surface area (Å²) in [5, 5.41) is 9.00. The molecule has 2 aliphatic rings. The van der Waals surface area contributed by atoms with Crippen LogP contribution >= 0.6 is 0 Å². The maximum absolute atomic E-state index is 12.2. The summed E-state index contributed by atoms with van der Waals surface area (Å²) in [5.41, 5.74) is 0.997. The largest absolute Gasteiger partial charge is 0.481 e. The van der Waals surface area contributed by atoms with Crippen molar-refractivity contribution in [3.8, 4) is 0 Å². The van der Waals surface area contributed by atoms with Crippen LogP contribution in [-0.4, -0.2) is 58.9 Å². The van der Waals surface area contributed by atoms with Crippen LogP contribution < -0.4 is 0 Å². The van der Waals surface area contributed by atoms with Gasteiger partial charge in [0.1, 0.15) is 0 Å². The SMILES string of the molecule is O=C(O)C1CCN(CCCCN2C(=O)c3ccccc3C2=O)CC1. The predicted octanol–water partition coefficient (Wildman–Crippen LogP) is 1.86. The molecule has 24 heavy (non-hydrogen) atoms. The first-order valence-corrected chi connectivity index (χ1v) is 8.48. The summed E-state index contributed by atoms with van der Waals surface area (Å²) in [5.74, 6) is -1.30. The van der Waals surface area contributed by atoms with Crippen molar-refractivity contribution in [3.63, 3.8) is 0 Å². The van der Waals surface area contributed by atoms with Gasteiger partial charge < -0.3 is 10.0 Å². The lowest BCUT2D eigenvalue weighted by molar-refractivity contribution is -0.143. The first-order valence-electron chi connectivity index (χ1n) is 8.48. The normalized spacial score (nSPS) is 18.9. The number of likely N-dealkylation sites (tertiary alicyclic amines) is 1. The Morgan fingerprint density at radius 1 is 1.00 bits per heavy atom. The maximum Gasteiger partial charge on any atom is 0.306 e. The zero-order chi connectivity index (χ0) is 17.1. The molecule has 1 aromatic carbocycles. The fraction of sp³-hybridized carbons (Fsp3) is 0.500. The van der Waals surface area contributed by atoms with E-state index in [0.29, 0.717) is 30.5 Å². The molecule has 128 valence electrons. The van der Waals surface area contributed by atoms with Gasteiger partial charge in [0.15, 0.2) is 0 Å². The Labute approximate surface area is 141 Å². The van der Waals surface area contributed by atoms with Crippen molar-refractivity contribution in [1.82, 2.24) is 9.80 Å². The van der Waals surface area contributed by atoms with Crippen molar-refractivity contribution in [2.24, 2.45) is 5.92 Å². The Bertz CT molecular complexity index is 615. The van der Waals surface area contributed by atoms with Crippen molar-refractivity contribution in [2.75, 3.05) is 26.2 Å². The van der Waals surface area contributed by atoms with Crippen molar-refractivity contribution >= 4 is 17.8 Å². The summed E-state index contributed by atoms with van der Waals surface area (Å²) in [7, 11) is 0. The highest BCUT2D eigenvalue weighted by molar-refractivity contribution is 6.21. The smallest absolute Gasteiger partial charge is 0.306 e. The number of hydrogen-bond acceptors (Lipinski definition) is 4. The second-order valence-electron chi connectivity index (χ2n) is 6.47. The Morgan fingerprint density at radius 2 is 1.54 bits per heavy atom. The average Bonchev–Trinajstić information content (AvgIpc) is 2.84. The number of imide groups is 1. The fourth-order valence-electron chi connectivity index (χ4n) is 3.45. The minimum Gasteiger partial charge on any atom is -0.481 e. The van der Waals surface area contributed by atoms with Gasteiger partial charge in [0.25, 0.3) is 11.8 Å². The summed E-state index contributed by atoms with van der Waals surface area (Å²) in [6.07, 6.45) is 3.07. The molecule has 0 unspecified atom stereocenters. The maximum atomic E-state index is 12.2. The molecule has 0 spiro atoms. The van der Waals surface area contributed by atoms with E-state index < -0.39 is 5.97 Å². The second-order valence-corrected chi connectivity index (χ2v) is 6.47. The Kier molecular flexibility index (Phi) is 4.94. The summed E-state index contributed by atoms with van der Waals surface area (Å²) in [6.45, 7) is 2.95. The predicted molar refractivity (Wildman–Crippen MR) is 87.8 cm³/mol. The average molecular weight is 330 g/mol. The van der Waals surface area contributed by atoms with E-state index in [4.69, 9.17) is 5.11 Å². The molecule has 1 saturated heterocycles. The number of benzene rings is 1. The molecule has 2 heterocycles. The highest BCUT2D eigenvalue weighted by Gasteiger charge is 2.34. The van der Waals surface area contributed by atoms with Crippen LogP contribution in [0.1, 0.15) is 46.4 Å². The number of carbonyl (C=O) groups excluding carboxylic acids is 2. The summed E-state index contributed by atoms with van der Waals surface area (Å²) in [6, 6.07) is 6.94. The van der Waals surface area contributed by atoms with Crippen molar-refractivity contribution in [1.29, 1.82) is 0 Å². The highest BCUT2D eigenvalue weighted by atomic mass is 16.4. The van der Waals surface area contributed by atoms with Gasteiger partial charge in [-0.3, -0.25) is 19.3 Å². The van der Waals surface area contributed by atoms with Crippen LogP contribution in [0.15, 0.2) is 24.3 Å². The molecule has 0 radical (unpaired) electrons. The van der Waals surface area contributed by atoms with E-state index in [9.17, 15) is 14.4 Å². The van der Waals surface area contributed by atoms with E-state index in [1.54, 1.807) is 24.3 Å². The van der Waals surface area contributed by atoms with Crippen LogP contribution in [0.5, 0.6) is 0 Å². The van der Waals surface area contributed by atoms with E-state index in [2.05, 4.69) is 4.90 Å². The van der Waals surface area contributed by atoms with Crippen LogP contribution in [0.25, 0.3) is 0 Å². The van der Waals surface area contributed by atoms with Gasteiger partial charge in [-0.05, 0) is 57.5 Å². The van der Waals surface area contributed by atoms with Gasteiger partial charge in [-0.2, -0.15) is 0 Å². The monoisotopic (exact) mass is 330 g/mol. The van der Waals surface area contributed by atoms with Crippen LogP contribution in [0.3, 0.4) is 0 Å². The van der Waals surface area contributed by atoms with Gasteiger partial charge in [-0.25, -0.2) is 0 Å². The molecular weight excluding hydrogens is 308 g/mol. The number of carboxylic acid groups (broad SMARTS) is 1. The number of nitrogens with zero attached hydrogens (tertiary/aromatic N) is 2. The van der Waals surface area contributed by atoms with Gasteiger partial charge in [-0.15, -0.1) is 0 Å². The molecule has 3 rings (SSSR count). The third-order valence-electron chi connectivity index (χ3n) is 4.92. The second kappa shape index (κ2) is 7.13. The van der Waals surface area contributed by atoms with Crippen molar-refractivity contribution < 1.29 is 19.5 Å². The van der Waals surface area contributed by atoms with Gasteiger partial charge in [0, 0.05) is 6.54 Å². The number of carboxylic acids is 1. The zero-order valence-corrected chi connectivity index (χ0v) is 13.6. The van der Waals surface area contributed by atoms with E-state index in [1.807, 2.05) is 0 Å². The third kappa shape index (κ3) is 3.33. The molecule has 1 N–H and O–H groups in total. The fourth-order valence-corrected chi connectivity index (χ4v) is 3.45. The Hall–Kier alpha value is -2.21. The molecular formula is C18H22N2O4. The standard InChI is InChI=1S/C18H22N2O4/c21-16-14-5-1-2-6-15(14)17(22)20(16)10-4-3-9-19-11-7-13(8-12-19)18(23)24/h1-2,5-6,13H,3-4,7-12H2,(H,23,24). The van der Waals surface area contributed by atoms with Gasteiger partial charge in [0.2, 0.25) is 0 Å². The molecule has 0 aromatic heterocycles. The molecule has 0 saturated carbocycles. The summed E-state index contributed by atoms with van der Waals surface area (Å²) >= 11 is 0. The van der Waals surface area contributed by atoms with E-state index in [-0.39, 0.29) is 17.7 Å².